The van der Waals surface area contributed by atoms with Gasteiger partial charge in [-0.2, -0.15) is 0 Å². The number of Topliss-reactive ketones (excluding diaryl/α,β-unsaturated/α-hetero) is 1. The summed E-state index contributed by atoms with van der Waals surface area (Å²) in [6.45, 7) is 16.3. The van der Waals surface area contributed by atoms with Crippen LogP contribution < -0.4 is 27.0 Å². The van der Waals surface area contributed by atoms with Gasteiger partial charge in [-0.1, -0.05) is 41.0 Å². The van der Waals surface area contributed by atoms with E-state index in [2.05, 4.69) is 21.3 Å². The van der Waals surface area contributed by atoms with Crippen LogP contribution >= 0.6 is 0 Å². The summed E-state index contributed by atoms with van der Waals surface area (Å²) < 4.78 is 5.32. The van der Waals surface area contributed by atoms with Gasteiger partial charge < -0.3 is 31.3 Å². The molecule has 1 saturated heterocycles. The van der Waals surface area contributed by atoms with Crippen molar-refractivity contribution < 1.29 is 33.5 Å². The summed E-state index contributed by atoms with van der Waals surface area (Å²) in [5.74, 6) is -3.62. The maximum Gasteiger partial charge on any atom is 0.328 e. The second-order valence-electron chi connectivity index (χ2n) is 13.7. The first-order chi connectivity index (χ1) is 19.2. The lowest BCUT2D eigenvalue weighted by atomic mass is 9.85. The van der Waals surface area contributed by atoms with Gasteiger partial charge in [-0.25, -0.2) is 9.59 Å². The van der Waals surface area contributed by atoms with E-state index in [0.717, 1.165) is 19.3 Å². The molecule has 0 bridgehead atoms. The molecule has 1 heterocycles. The summed E-state index contributed by atoms with van der Waals surface area (Å²) in [7, 11) is 0. The summed E-state index contributed by atoms with van der Waals surface area (Å²) in [5.41, 5.74) is 3.71. The molecule has 6 N–H and O–H groups in total. The maximum atomic E-state index is 14.1. The molecule has 5 amide bonds. The fourth-order valence-corrected chi connectivity index (χ4v) is 4.79. The molecular weight excluding hydrogens is 544 g/mol. The zero-order valence-electron chi connectivity index (χ0n) is 26.5. The first kappa shape index (κ1) is 35.0. The second-order valence-corrected chi connectivity index (χ2v) is 13.7. The molecule has 2 fully saturated rings. The summed E-state index contributed by atoms with van der Waals surface area (Å²) in [5, 5.41) is 10.8. The number of nitrogens with two attached hydrogens (primary N) is 1. The van der Waals surface area contributed by atoms with Crippen molar-refractivity contribution in [2.24, 2.45) is 23.0 Å². The first-order valence-corrected chi connectivity index (χ1v) is 14.8. The van der Waals surface area contributed by atoms with Crippen LogP contribution in [0.1, 0.15) is 88.0 Å². The smallest absolute Gasteiger partial charge is 0.328 e. The molecule has 6 atom stereocenters. The summed E-state index contributed by atoms with van der Waals surface area (Å²) in [6, 6.07) is -3.71. The number of hydrogen-bond acceptors (Lipinski definition) is 8. The fourth-order valence-electron chi connectivity index (χ4n) is 4.79. The van der Waals surface area contributed by atoms with Gasteiger partial charge in [-0.05, 0) is 64.2 Å². The predicted octanol–water partition coefficient (Wildman–Crippen LogP) is 0.942. The highest BCUT2D eigenvalue weighted by Gasteiger charge is 2.46. The van der Waals surface area contributed by atoms with E-state index in [9.17, 15) is 28.8 Å². The van der Waals surface area contributed by atoms with Gasteiger partial charge in [0.25, 0.3) is 11.7 Å². The van der Waals surface area contributed by atoms with Crippen molar-refractivity contribution >= 4 is 35.5 Å². The molecule has 1 saturated carbocycles. The molecule has 238 valence electrons. The van der Waals surface area contributed by atoms with Gasteiger partial charge >= 0.3 is 12.0 Å². The molecule has 0 aromatic heterocycles. The average Bonchev–Trinajstić information content (AvgIpc) is 3.57. The van der Waals surface area contributed by atoms with Gasteiger partial charge in [0, 0.05) is 12.6 Å². The fraction of sp³-hybridized carbons (Fsp3) is 0.793. The van der Waals surface area contributed by atoms with Gasteiger partial charge in [0.1, 0.15) is 29.9 Å². The van der Waals surface area contributed by atoms with Gasteiger partial charge in [0.15, 0.2) is 0 Å². The third-order valence-corrected chi connectivity index (χ3v) is 7.64. The van der Waals surface area contributed by atoms with Crippen LogP contribution in [-0.4, -0.2) is 82.9 Å². The zero-order chi connectivity index (χ0) is 32.2. The van der Waals surface area contributed by atoms with Gasteiger partial charge in [0.05, 0.1) is 0 Å². The van der Waals surface area contributed by atoms with E-state index in [-0.39, 0.29) is 24.4 Å². The van der Waals surface area contributed by atoms with Crippen molar-refractivity contribution in [2.75, 3.05) is 6.54 Å². The van der Waals surface area contributed by atoms with Crippen LogP contribution in [0, 0.1) is 17.3 Å². The monoisotopic (exact) mass is 594 g/mol. The Labute approximate surface area is 248 Å². The number of nitrogens with one attached hydrogen (secondary N) is 4. The number of ketones is 1. The zero-order valence-corrected chi connectivity index (χ0v) is 26.5. The predicted molar refractivity (Wildman–Crippen MR) is 156 cm³/mol. The topological polar surface area (TPSA) is 189 Å². The molecule has 13 nitrogen and oxygen atoms in total. The number of esters is 1. The van der Waals surface area contributed by atoms with Crippen LogP contribution in [0.25, 0.3) is 0 Å². The minimum absolute atomic E-state index is 0.00183. The number of hydrogen-bond donors (Lipinski definition) is 5. The highest BCUT2D eigenvalue weighted by atomic mass is 16.6. The van der Waals surface area contributed by atoms with E-state index in [1.54, 1.807) is 41.5 Å². The Bertz CT molecular complexity index is 1050. The van der Waals surface area contributed by atoms with E-state index in [4.69, 9.17) is 10.5 Å². The minimum atomic E-state index is -1.29. The highest BCUT2D eigenvalue weighted by Crippen LogP contribution is 2.33. The number of ether oxygens (including phenoxy) is 1. The summed E-state index contributed by atoms with van der Waals surface area (Å²) >= 11 is 0. The van der Waals surface area contributed by atoms with Crippen molar-refractivity contribution in [3.63, 3.8) is 0 Å². The quantitative estimate of drug-likeness (QED) is 0.125. The van der Waals surface area contributed by atoms with Crippen molar-refractivity contribution in [3.05, 3.63) is 0 Å². The van der Waals surface area contributed by atoms with E-state index >= 15 is 0 Å². The molecule has 1 aliphatic heterocycles. The van der Waals surface area contributed by atoms with Crippen LogP contribution in [0.2, 0.25) is 0 Å². The van der Waals surface area contributed by atoms with E-state index in [1.807, 2.05) is 13.8 Å². The molecule has 0 radical (unpaired) electrons. The number of urea groups is 1. The molecule has 1 aliphatic carbocycles. The number of carbonyl (C=O) groups excluding carboxylic acids is 6. The maximum absolute atomic E-state index is 14.1. The van der Waals surface area contributed by atoms with Crippen molar-refractivity contribution in [1.82, 2.24) is 26.2 Å². The SMILES string of the molecule is CCC(C)[C@@H]1CC(C(=O)NC(NC2CC2)C(=O)C(N)=O)N(C(=O)C(NC(=O)NC(C)C(=O)OC(C)(C)C)C(C)(C)C)C1. The Balaban J connectivity index is 2.27. The summed E-state index contributed by atoms with van der Waals surface area (Å²) in [4.78, 5) is 78.5. The van der Waals surface area contributed by atoms with Crippen molar-refractivity contribution in [2.45, 2.75) is 124 Å². The molecule has 2 aliphatic rings. The number of rotatable bonds is 12. The van der Waals surface area contributed by atoms with E-state index in [1.165, 1.54) is 11.8 Å². The van der Waals surface area contributed by atoms with Crippen LogP contribution in [0.15, 0.2) is 0 Å². The number of nitrogens with zero attached hydrogens (tertiary/aromatic N) is 1. The Kier molecular flexibility index (Phi) is 11.5. The standard InChI is InChI=1S/C29H50N6O7/c1-10-15(2)17-13-19(24(38)34-23(20(36)22(30)37)32-18-11-12-18)35(14-17)25(39)21(28(4,5)6)33-27(41)31-16(3)26(40)42-29(7,8)9/h15-19,21,23,32H,10-14H2,1-9H3,(H2,30,37)(H,34,38)(H2,31,33,41)/t15?,16?,17-,19?,21?,23?/m1/s1. The highest BCUT2D eigenvalue weighted by molar-refractivity contribution is 6.37. The Morgan fingerprint density at radius 3 is 2.02 bits per heavy atom. The largest absolute Gasteiger partial charge is 0.458 e. The molecule has 0 aromatic carbocycles. The summed E-state index contributed by atoms with van der Waals surface area (Å²) in [6.07, 6.45) is 1.50. The number of likely N-dealkylation sites (tertiary alicyclic amines) is 1. The first-order valence-electron chi connectivity index (χ1n) is 14.8. The van der Waals surface area contributed by atoms with E-state index < -0.39 is 70.8 Å². The lowest BCUT2D eigenvalue weighted by Gasteiger charge is -2.36. The normalized spacial score (nSPS) is 21.9. The van der Waals surface area contributed by atoms with Crippen LogP contribution in [-0.2, 0) is 28.7 Å². The van der Waals surface area contributed by atoms with Crippen LogP contribution in [0.3, 0.4) is 0 Å². The average molecular weight is 595 g/mol. The number of primary amides is 1. The number of carbonyl (C=O) groups is 6. The second kappa shape index (κ2) is 13.8. The Morgan fingerprint density at radius 1 is 0.952 bits per heavy atom. The van der Waals surface area contributed by atoms with Crippen molar-refractivity contribution in [3.8, 4) is 0 Å². The van der Waals surface area contributed by atoms with Crippen LogP contribution in [0.5, 0.6) is 0 Å². The molecule has 5 unspecified atom stereocenters. The molecular formula is C29H50N6O7. The molecule has 42 heavy (non-hydrogen) atoms. The minimum Gasteiger partial charge on any atom is -0.458 e. The lowest BCUT2D eigenvalue weighted by Crippen LogP contribution is -2.62. The van der Waals surface area contributed by atoms with Gasteiger partial charge in [0.2, 0.25) is 11.8 Å². The molecule has 0 aromatic rings. The molecule has 13 heteroatoms. The number of amides is 5. The third-order valence-electron chi connectivity index (χ3n) is 7.64. The lowest BCUT2D eigenvalue weighted by molar-refractivity contribution is -0.156. The Morgan fingerprint density at radius 2 is 1.55 bits per heavy atom. The molecule has 0 spiro atoms. The van der Waals surface area contributed by atoms with Crippen LogP contribution in [0.4, 0.5) is 4.79 Å². The third kappa shape index (κ3) is 9.95. The van der Waals surface area contributed by atoms with Gasteiger partial charge in [-0.15, -0.1) is 0 Å². The molecule has 2 rings (SSSR count). The van der Waals surface area contributed by atoms with Gasteiger partial charge in [-0.3, -0.25) is 24.5 Å². The van der Waals surface area contributed by atoms with E-state index in [0.29, 0.717) is 6.42 Å². The Hall–Kier alpha value is -3.22. The van der Waals surface area contributed by atoms with Crippen molar-refractivity contribution in [1.29, 1.82) is 0 Å².